The van der Waals surface area contributed by atoms with Crippen LogP contribution >= 0.6 is 0 Å². The van der Waals surface area contributed by atoms with E-state index >= 15 is 0 Å². The number of nitriles is 1. The third kappa shape index (κ3) is 4.31. The average molecular weight is 472 g/mol. The number of H-pyrrole nitrogens is 1. The van der Waals surface area contributed by atoms with Crippen molar-refractivity contribution in [2.24, 2.45) is 0 Å². The molecule has 3 aromatic rings. The molecule has 2 aromatic heterocycles. The van der Waals surface area contributed by atoms with Crippen LogP contribution in [-0.2, 0) is 0 Å². The Hall–Kier alpha value is -4.65. The summed E-state index contributed by atoms with van der Waals surface area (Å²) in [6.45, 7) is 0.879. The van der Waals surface area contributed by atoms with E-state index in [1.807, 2.05) is 12.1 Å². The van der Waals surface area contributed by atoms with Crippen LogP contribution in [0.3, 0.4) is 0 Å². The number of halogens is 1. The van der Waals surface area contributed by atoms with Gasteiger partial charge in [0.1, 0.15) is 29.8 Å². The van der Waals surface area contributed by atoms with Crippen LogP contribution in [0.15, 0.2) is 81.3 Å². The van der Waals surface area contributed by atoms with E-state index in [2.05, 4.69) is 26.5 Å². The number of nitrogens with one attached hydrogen (secondary N) is 2. The number of fused-ring (bicyclic) bond motifs is 1. The summed E-state index contributed by atoms with van der Waals surface area (Å²) in [5.74, 6) is 1.17. The summed E-state index contributed by atoms with van der Waals surface area (Å²) >= 11 is 0. The zero-order valence-electron chi connectivity index (χ0n) is 18.8. The Morgan fingerprint density at radius 2 is 2.23 bits per heavy atom. The lowest BCUT2D eigenvalue weighted by Crippen LogP contribution is -2.33. The topological polar surface area (TPSA) is 120 Å². The third-order valence-corrected chi connectivity index (χ3v) is 5.86. The highest BCUT2D eigenvalue weighted by Crippen LogP contribution is 2.36. The number of rotatable bonds is 7. The van der Waals surface area contributed by atoms with Gasteiger partial charge in [-0.2, -0.15) is 10.4 Å². The Bertz CT molecular complexity index is 1460. The van der Waals surface area contributed by atoms with Crippen LogP contribution in [0.5, 0.6) is 5.75 Å². The Morgan fingerprint density at radius 1 is 1.34 bits per heavy atom. The molecule has 3 heterocycles. The van der Waals surface area contributed by atoms with E-state index < -0.39 is 6.04 Å². The second-order valence-corrected chi connectivity index (χ2v) is 7.97. The molecular weight excluding hydrogens is 451 g/mol. The number of hydrogen-bond acceptors (Lipinski definition) is 8. The predicted octanol–water partition coefficient (Wildman–Crippen LogP) is 3.79. The number of ether oxygens (including phenoxy) is 1. The van der Waals surface area contributed by atoms with Gasteiger partial charge in [-0.1, -0.05) is 12.1 Å². The largest absolute Gasteiger partial charge is 0.496 e. The minimum Gasteiger partial charge on any atom is -0.496 e. The molecule has 35 heavy (non-hydrogen) atoms. The van der Waals surface area contributed by atoms with Crippen molar-refractivity contribution in [2.45, 2.75) is 12.5 Å². The van der Waals surface area contributed by atoms with Gasteiger partial charge in [-0.25, -0.2) is 14.4 Å². The first kappa shape index (κ1) is 22.2. The summed E-state index contributed by atoms with van der Waals surface area (Å²) in [6, 6.07) is 10.3. The van der Waals surface area contributed by atoms with E-state index in [-0.39, 0.29) is 11.4 Å². The fraction of sp³-hybridized carbons (Fsp3) is 0.200. The van der Waals surface area contributed by atoms with Gasteiger partial charge in [0.05, 0.1) is 36.2 Å². The van der Waals surface area contributed by atoms with E-state index in [1.165, 1.54) is 25.6 Å². The van der Waals surface area contributed by atoms with E-state index in [1.54, 1.807) is 29.2 Å². The van der Waals surface area contributed by atoms with Crippen molar-refractivity contribution in [3.05, 3.63) is 82.3 Å². The normalized spacial score (nSPS) is 16.7. The Kier molecular flexibility index (Phi) is 5.89. The van der Waals surface area contributed by atoms with Crippen LogP contribution in [0.1, 0.15) is 6.42 Å². The summed E-state index contributed by atoms with van der Waals surface area (Å²) in [6.07, 6.45) is 7.10. The number of aromatic amines is 1. The molecular formula is C25H21FN6O3. The summed E-state index contributed by atoms with van der Waals surface area (Å²) in [5.41, 5.74) is 3.08. The molecule has 0 bridgehead atoms. The summed E-state index contributed by atoms with van der Waals surface area (Å²) < 4.78 is 25.1. The van der Waals surface area contributed by atoms with Gasteiger partial charge >= 0.3 is 0 Å². The second kappa shape index (κ2) is 9.30. The zero-order chi connectivity index (χ0) is 24.4. The molecule has 0 radical (unpaired) electrons. The number of anilines is 1. The van der Waals surface area contributed by atoms with Gasteiger partial charge in [-0.05, 0) is 36.3 Å². The summed E-state index contributed by atoms with van der Waals surface area (Å²) in [5, 5.41) is 15.0. The second-order valence-electron chi connectivity index (χ2n) is 7.97. The Balaban J connectivity index is 1.31. The van der Waals surface area contributed by atoms with Crippen LogP contribution in [0.25, 0.3) is 22.6 Å². The number of nitrogens with zero attached hydrogens (tertiary/aromatic N) is 4. The van der Waals surface area contributed by atoms with Gasteiger partial charge in [-0.3, -0.25) is 4.79 Å². The molecule has 1 aliphatic heterocycles. The standard InChI is InChI=1S/C25H21FN6O3/c1-34-21-10-15(5-6-18(21)22-12-24(33)31-35-22)20-11-23(30-14-29-20)28-7-8-32-17(13-27)9-16-3-2-4-19(26)25(16)32/h2,4-6,9-12,14,17H,3,7-8H2,1H3,(H,31,33)(H,28,29,30). The molecule has 1 aliphatic carbocycles. The van der Waals surface area contributed by atoms with Gasteiger partial charge in [0.15, 0.2) is 5.76 Å². The highest BCUT2D eigenvalue weighted by molar-refractivity contribution is 5.73. The molecule has 2 N–H and O–H groups in total. The molecule has 1 atom stereocenters. The van der Waals surface area contributed by atoms with E-state index in [4.69, 9.17) is 9.26 Å². The summed E-state index contributed by atoms with van der Waals surface area (Å²) in [4.78, 5) is 21.8. The van der Waals surface area contributed by atoms with E-state index in [0.29, 0.717) is 53.8 Å². The maximum absolute atomic E-state index is 14.4. The first-order valence-corrected chi connectivity index (χ1v) is 10.9. The molecule has 0 fully saturated rings. The molecule has 0 amide bonds. The number of benzene rings is 1. The quantitative estimate of drug-likeness (QED) is 0.533. The first-order valence-electron chi connectivity index (χ1n) is 10.9. The van der Waals surface area contributed by atoms with Gasteiger partial charge < -0.3 is 19.5 Å². The van der Waals surface area contributed by atoms with Crippen molar-refractivity contribution in [2.75, 3.05) is 25.5 Å². The maximum Gasteiger partial charge on any atom is 0.280 e. The van der Waals surface area contributed by atoms with Gasteiger partial charge in [-0.15, -0.1) is 0 Å². The Labute approximate surface area is 199 Å². The van der Waals surface area contributed by atoms with Crippen molar-refractivity contribution in [3.8, 4) is 34.4 Å². The zero-order valence-corrected chi connectivity index (χ0v) is 18.8. The van der Waals surface area contributed by atoms with Crippen molar-refractivity contribution < 1.29 is 13.7 Å². The summed E-state index contributed by atoms with van der Waals surface area (Å²) in [7, 11) is 1.54. The Morgan fingerprint density at radius 3 is 3.00 bits per heavy atom. The molecule has 10 heteroatoms. The lowest BCUT2D eigenvalue weighted by atomic mass is 10.0. The van der Waals surface area contributed by atoms with Crippen molar-refractivity contribution in [1.82, 2.24) is 20.0 Å². The number of aromatic nitrogens is 3. The van der Waals surface area contributed by atoms with Crippen LogP contribution in [0, 0.1) is 11.3 Å². The minimum atomic E-state index is -0.496. The smallest absolute Gasteiger partial charge is 0.280 e. The van der Waals surface area contributed by atoms with Crippen LogP contribution in [0.4, 0.5) is 10.2 Å². The van der Waals surface area contributed by atoms with Crippen LogP contribution in [0.2, 0.25) is 0 Å². The predicted molar refractivity (Wildman–Crippen MR) is 127 cm³/mol. The molecule has 0 spiro atoms. The fourth-order valence-corrected chi connectivity index (χ4v) is 4.25. The minimum absolute atomic E-state index is 0.319. The molecule has 9 nitrogen and oxygen atoms in total. The van der Waals surface area contributed by atoms with Gasteiger partial charge in [0.2, 0.25) is 0 Å². The number of methoxy groups -OCH3 is 1. The lowest BCUT2D eigenvalue weighted by molar-refractivity contribution is 0.358. The molecule has 5 rings (SSSR count). The van der Waals surface area contributed by atoms with Crippen LogP contribution in [-0.4, -0.2) is 46.3 Å². The molecule has 0 saturated heterocycles. The molecule has 2 aliphatic rings. The van der Waals surface area contributed by atoms with Crippen molar-refractivity contribution in [1.29, 1.82) is 5.26 Å². The average Bonchev–Trinajstić information content (AvgIpc) is 3.48. The third-order valence-electron chi connectivity index (χ3n) is 5.86. The monoisotopic (exact) mass is 472 g/mol. The van der Waals surface area contributed by atoms with E-state index in [0.717, 1.165) is 11.1 Å². The van der Waals surface area contributed by atoms with Crippen LogP contribution < -0.4 is 15.6 Å². The van der Waals surface area contributed by atoms with Crippen molar-refractivity contribution >= 4 is 5.82 Å². The number of hydrogen-bond donors (Lipinski definition) is 2. The van der Waals surface area contributed by atoms with Crippen molar-refractivity contribution in [3.63, 3.8) is 0 Å². The maximum atomic E-state index is 14.4. The number of allylic oxidation sites excluding steroid dienone is 4. The molecule has 1 aromatic carbocycles. The van der Waals surface area contributed by atoms with Gasteiger partial charge in [0.25, 0.3) is 5.56 Å². The lowest BCUT2D eigenvalue weighted by Gasteiger charge is -2.26. The van der Waals surface area contributed by atoms with E-state index in [9.17, 15) is 14.4 Å². The molecule has 176 valence electrons. The first-order chi connectivity index (χ1) is 17.1. The highest BCUT2D eigenvalue weighted by atomic mass is 19.1. The highest BCUT2D eigenvalue weighted by Gasteiger charge is 2.31. The molecule has 0 saturated carbocycles. The SMILES string of the molecule is COc1cc(-c2cc(NCCN3C4=C(F)C=CCC4=CC3C#N)ncn2)ccc1-c1cc(=O)[nH]o1. The molecule has 1 unspecified atom stereocenters. The fourth-order valence-electron chi connectivity index (χ4n) is 4.25. The van der Waals surface area contributed by atoms with Gasteiger partial charge in [0, 0.05) is 24.7 Å².